The maximum absolute atomic E-state index is 13.6. The number of nitrogens with one attached hydrogen (secondary N) is 1. The first-order valence-corrected chi connectivity index (χ1v) is 7.65. The van der Waals surface area contributed by atoms with Crippen molar-refractivity contribution in [2.75, 3.05) is 27.2 Å². The highest BCUT2D eigenvalue weighted by Crippen LogP contribution is 2.24. The van der Waals surface area contributed by atoms with E-state index in [-0.39, 0.29) is 23.1 Å². The first kappa shape index (κ1) is 15.7. The van der Waals surface area contributed by atoms with Gasteiger partial charge in [-0.25, -0.2) is 4.39 Å². The summed E-state index contributed by atoms with van der Waals surface area (Å²) in [6, 6.07) is 5.59. The number of carbonyl (C=O) groups excluding carboxylic acids is 1. The fourth-order valence-corrected chi connectivity index (χ4v) is 3.36. The Bertz CT molecular complexity index is 815. The Labute approximate surface area is 133 Å². The number of carbonyl (C=O) groups is 1. The van der Waals surface area contributed by atoms with Gasteiger partial charge in [0, 0.05) is 36.1 Å². The number of hydrogen-bond donors (Lipinski definition) is 1. The van der Waals surface area contributed by atoms with E-state index in [1.165, 1.54) is 24.3 Å². The Morgan fingerprint density at radius 1 is 1.30 bits per heavy atom. The molecule has 0 aliphatic carbocycles. The van der Waals surface area contributed by atoms with Crippen LogP contribution in [-0.2, 0) is 0 Å². The van der Waals surface area contributed by atoms with Gasteiger partial charge in [-0.15, -0.1) is 0 Å². The van der Waals surface area contributed by atoms with Crippen molar-refractivity contribution in [1.82, 2.24) is 14.8 Å². The summed E-state index contributed by atoms with van der Waals surface area (Å²) in [6.45, 7) is 3.34. The number of pyridine rings is 1. The molecule has 2 aromatic rings. The average Bonchev–Trinajstić information content (AvgIpc) is 2.88. The van der Waals surface area contributed by atoms with E-state index in [1.807, 2.05) is 14.1 Å². The maximum Gasteiger partial charge on any atom is 0.254 e. The van der Waals surface area contributed by atoms with Crippen molar-refractivity contribution in [3.05, 3.63) is 46.0 Å². The average molecular weight is 317 g/mol. The Hall–Kier alpha value is -2.21. The third-order valence-corrected chi connectivity index (χ3v) is 4.56. The lowest BCUT2D eigenvalue weighted by Gasteiger charge is -2.22. The molecule has 0 saturated carbocycles. The molecule has 122 valence electrons. The van der Waals surface area contributed by atoms with E-state index in [2.05, 4.69) is 16.8 Å². The second kappa shape index (κ2) is 5.77. The topological polar surface area (TPSA) is 56.4 Å². The van der Waals surface area contributed by atoms with Gasteiger partial charge in [-0.05, 0) is 38.2 Å². The van der Waals surface area contributed by atoms with Crippen molar-refractivity contribution in [2.45, 2.75) is 13.0 Å². The van der Waals surface area contributed by atoms with E-state index in [1.54, 1.807) is 4.90 Å². The molecule has 1 amide bonds. The number of hydrogen-bond acceptors (Lipinski definition) is 3. The fourth-order valence-electron chi connectivity index (χ4n) is 3.36. The van der Waals surface area contributed by atoms with Crippen molar-refractivity contribution >= 4 is 16.8 Å². The van der Waals surface area contributed by atoms with Crippen molar-refractivity contribution in [2.24, 2.45) is 5.92 Å². The number of benzene rings is 1. The molecule has 1 aromatic heterocycles. The summed E-state index contributed by atoms with van der Waals surface area (Å²) in [5, 5.41) is 0.440. The Morgan fingerprint density at radius 3 is 2.70 bits per heavy atom. The molecule has 6 heteroatoms. The number of likely N-dealkylation sites (N-methyl/N-ethyl adjacent to an activating group) is 1. The molecule has 1 aliphatic rings. The summed E-state index contributed by atoms with van der Waals surface area (Å²) in [6.07, 6.45) is 0. The van der Waals surface area contributed by atoms with Gasteiger partial charge in [0.1, 0.15) is 5.82 Å². The third kappa shape index (κ3) is 2.86. The second-order valence-electron chi connectivity index (χ2n) is 6.46. The van der Waals surface area contributed by atoms with Crippen LogP contribution in [0.2, 0.25) is 0 Å². The van der Waals surface area contributed by atoms with Crippen LogP contribution in [0.3, 0.4) is 0 Å². The van der Waals surface area contributed by atoms with Crippen molar-refractivity contribution in [3.8, 4) is 0 Å². The number of aromatic amines is 1. The van der Waals surface area contributed by atoms with Crippen LogP contribution in [0.5, 0.6) is 0 Å². The molecule has 1 N–H and O–H groups in total. The van der Waals surface area contributed by atoms with E-state index in [9.17, 15) is 14.0 Å². The highest BCUT2D eigenvalue weighted by molar-refractivity contribution is 6.06. The minimum absolute atomic E-state index is 0.220. The molecule has 1 aliphatic heterocycles. The zero-order valence-electron chi connectivity index (χ0n) is 13.5. The molecule has 2 heterocycles. The van der Waals surface area contributed by atoms with Crippen LogP contribution < -0.4 is 5.56 Å². The van der Waals surface area contributed by atoms with Gasteiger partial charge in [0.05, 0.1) is 5.56 Å². The Balaban J connectivity index is 2.02. The number of H-pyrrole nitrogens is 1. The molecule has 0 bridgehead atoms. The number of fused-ring (bicyclic) bond motifs is 1. The van der Waals surface area contributed by atoms with Crippen LogP contribution >= 0.6 is 0 Å². The van der Waals surface area contributed by atoms with Crippen molar-refractivity contribution in [1.29, 1.82) is 0 Å². The van der Waals surface area contributed by atoms with Gasteiger partial charge in [-0.2, -0.15) is 0 Å². The minimum Gasteiger partial charge on any atom is -0.337 e. The van der Waals surface area contributed by atoms with Crippen LogP contribution in [-0.4, -0.2) is 53.9 Å². The lowest BCUT2D eigenvalue weighted by molar-refractivity contribution is 0.0783. The van der Waals surface area contributed by atoms with Gasteiger partial charge in [-0.1, -0.05) is 6.92 Å². The first-order chi connectivity index (χ1) is 10.9. The molecule has 5 nitrogen and oxygen atoms in total. The largest absolute Gasteiger partial charge is 0.337 e. The summed E-state index contributed by atoms with van der Waals surface area (Å²) in [7, 11) is 3.99. The number of amides is 1. The molecule has 3 rings (SSSR count). The zero-order chi connectivity index (χ0) is 16.7. The van der Waals surface area contributed by atoms with Gasteiger partial charge in [0.2, 0.25) is 5.56 Å². The fraction of sp³-hybridized carbons (Fsp3) is 0.412. The molecule has 0 radical (unpaired) electrons. The molecule has 1 saturated heterocycles. The molecule has 0 spiro atoms. The minimum atomic E-state index is -0.431. The number of likely N-dealkylation sites (tertiary alicyclic amines) is 1. The molecule has 23 heavy (non-hydrogen) atoms. The van der Waals surface area contributed by atoms with Crippen LogP contribution in [0, 0.1) is 11.7 Å². The number of rotatable bonds is 2. The van der Waals surface area contributed by atoms with Crippen LogP contribution in [0.25, 0.3) is 10.9 Å². The number of halogens is 1. The van der Waals surface area contributed by atoms with E-state index in [0.29, 0.717) is 29.9 Å². The summed E-state index contributed by atoms with van der Waals surface area (Å²) in [5.74, 6) is -0.304. The smallest absolute Gasteiger partial charge is 0.254 e. The number of nitrogens with zero attached hydrogens (tertiary/aromatic N) is 2. The monoisotopic (exact) mass is 317 g/mol. The van der Waals surface area contributed by atoms with Gasteiger partial charge in [0.15, 0.2) is 0 Å². The summed E-state index contributed by atoms with van der Waals surface area (Å²) in [4.78, 5) is 31.2. The maximum atomic E-state index is 13.6. The van der Waals surface area contributed by atoms with Crippen LogP contribution in [0.4, 0.5) is 4.39 Å². The second-order valence-corrected chi connectivity index (χ2v) is 6.46. The Kier molecular flexibility index (Phi) is 3.93. The molecule has 1 fully saturated rings. The normalized spacial score (nSPS) is 21.3. The summed E-state index contributed by atoms with van der Waals surface area (Å²) < 4.78 is 13.6. The highest BCUT2D eigenvalue weighted by atomic mass is 19.1. The highest BCUT2D eigenvalue weighted by Gasteiger charge is 2.34. The van der Waals surface area contributed by atoms with Gasteiger partial charge in [-0.3, -0.25) is 9.59 Å². The summed E-state index contributed by atoms with van der Waals surface area (Å²) in [5.41, 5.74) is 0.373. The van der Waals surface area contributed by atoms with Crippen molar-refractivity contribution in [3.63, 3.8) is 0 Å². The van der Waals surface area contributed by atoms with E-state index in [4.69, 9.17) is 0 Å². The standard InChI is InChI=1S/C17H20FN3O2/c1-10-8-21(9-15(10)20(2)3)17(23)13-7-16(22)19-14-5-4-11(18)6-12(13)14/h4-7,10,15H,8-9H2,1-3H3,(H,19,22)/t10-,15-/m0/s1. The zero-order valence-corrected chi connectivity index (χ0v) is 13.5. The van der Waals surface area contributed by atoms with Crippen LogP contribution in [0.15, 0.2) is 29.1 Å². The third-order valence-electron chi connectivity index (χ3n) is 4.56. The van der Waals surface area contributed by atoms with Gasteiger partial charge in [0.25, 0.3) is 5.91 Å². The SMILES string of the molecule is C[C@H]1CN(C(=O)c2cc(=O)[nH]c3ccc(F)cc23)C[C@@H]1N(C)C. The van der Waals surface area contributed by atoms with E-state index < -0.39 is 5.82 Å². The molecule has 1 aromatic carbocycles. The van der Waals surface area contributed by atoms with Crippen LogP contribution in [0.1, 0.15) is 17.3 Å². The van der Waals surface area contributed by atoms with E-state index in [0.717, 1.165) is 0 Å². The predicted octanol–water partition coefficient (Wildman–Crippen LogP) is 1.69. The quantitative estimate of drug-likeness (QED) is 0.917. The molecule has 2 atom stereocenters. The Morgan fingerprint density at radius 2 is 2.04 bits per heavy atom. The molecular formula is C17H20FN3O2. The lowest BCUT2D eigenvalue weighted by atomic mass is 10.1. The first-order valence-electron chi connectivity index (χ1n) is 7.65. The van der Waals surface area contributed by atoms with E-state index >= 15 is 0 Å². The number of aromatic nitrogens is 1. The molecular weight excluding hydrogens is 297 g/mol. The van der Waals surface area contributed by atoms with Gasteiger partial charge >= 0.3 is 0 Å². The predicted molar refractivity (Wildman–Crippen MR) is 87.1 cm³/mol. The van der Waals surface area contributed by atoms with Gasteiger partial charge < -0.3 is 14.8 Å². The van der Waals surface area contributed by atoms with Crippen molar-refractivity contribution < 1.29 is 9.18 Å². The summed E-state index contributed by atoms with van der Waals surface area (Å²) >= 11 is 0. The molecule has 0 unspecified atom stereocenters. The lowest BCUT2D eigenvalue weighted by Crippen LogP contribution is -2.36.